The topological polar surface area (TPSA) is 91.6 Å². The zero-order valence-electron chi connectivity index (χ0n) is 15.7. The Bertz CT molecular complexity index is 1150. The zero-order chi connectivity index (χ0) is 21.0. The number of carbonyl (C=O) groups excluding carboxylic acids is 1. The van der Waals surface area contributed by atoms with Gasteiger partial charge in [-0.2, -0.15) is 0 Å². The third-order valence-corrected chi connectivity index (χ3v) is 4.45. The Labute approximate surface area is 170 Å². The molecule has 3 aromatic rings. The number of ether oxygens (including phenoxy) is 2. The number of halogens is 1. The molecule has 1 N–H and O–H groups in total. The highest BCUT2D eigenvalue weighted by Crippen LogP contribution is 2.27. The lowest BCUT2D eigenvalue weighted by Gasteiger charge is -2.11. The van der Waals surface area contributed by atoms with Crippen molar-refractivity contribution in [2.24, 2.45) is 0 Å². The van der Waals surface area contributed by atoms with Gasteiger partial charge < -0.3 is 14.8 Å². The molecule has 150 valence electrons. The maximum absolute atomic E-state index is 12.4. The molecule has 29 heavy (non-hydrogen) atoms. The third-order valence-electron chi connectivity index (χ3n) is 4.16. The summed E-state index contributed by atoms with van der Waals surface area (Å²) in [6.07, 6.45) is 2.82. The fourth-order valence-electron chi connectivity index (χ4n) is 2.68. The summed E-state index contributed by atoms with van der Waals surface area (Å²) < 4.78 is 12.4. The fraction of sp³-hybridized carbons (Fsp3) is 0.150. The van der Waals surface area contributed by atoms with Crippen molar-refractivity contribution >= 4 is 23.2 Å². The van der Waals surface area contributed by atoms with Gasteiger partial charge in [0.1, 0.15) is 18.0 Å². The molecule has 0 aliphatic carbocycles. The molecule has 0 saturated heterocycles. The maximum Gasteiger partial charge on any atom is 0.320 e. The number of nitrogens with one attached hydrogen (secondary N) is 1. The molecule has 0 saturated carbocycles. The average molecular weight is 416 g/mol. The van der Waals surface area contributed by atoms with Gasteiger partial charge in [-0.15, -0.1) is 0 Å². The molecule has 0 atom stereocenters. The molecule has 0 aliphatic heterocycles. The number of rotatable bonds is 6. The Morgan fingerprint density at radius 3 is 2.34 bits per heavy atom. The molecule has 1 heterocycles. The smallest absolute Gasteiger partial charge is 0.320 e. The number of carbonyl (C=O) groups is 1. The van der Waals surface area contributed by atoms with Crippen LogP contribution in [0.2, 0.25) is 5.02 Å². The molecule has 0 unspecified atom stereocenters. The van der Waals surface area contributed by atoms with E-state index >= 15 is 0 Å². The molecule has 1 aromatic heterocycles. The van der Waals surface area contributed by atoms with Gasteiger partial charge in [0.15, 0.2) is 0 Å². The summed E-state index contributed by atoms with van der Waals surface area (Å²) in [5.41, 5.74) is -0.623. The van der Waals surface area contributed by atoms with Crippen LogP contribution >= 0.6 is 11.6 Å². The van der Waals surface area contributed by atoms with Gasteiger partial charge in [0.05, 0.1) is 19.2 Å². The lowest BCUT2D eigenvalue weighted by molar-refractivity contribution is -0.116. The van der Waals surface area contributed by atoms with Gasteiger partial charge in [-0.1, -0.05) is 11.6 Å². The van der Waals surface area contributed by atoms with Gasteiger partial charge in [-0.3, -0.25) is 23.5 Å². The van der Waals surface area contributed by atoms with Gasteiger partial charge in [-0.25, -0.2) is 0 Å². The van der Waals surface area contributed by atoms with Crippen LogP contribution in [-0.4, -0.2) is 29.3 Å². The Balaban J connectivity index is 1.78. The van der Waals surface area contributed by atoms with Crippen molar-refractivity contribution in [3.8, 4) is 17.2 Å². The summed E-state index contributed by atoms with van der Waals surface area (Å²) in [5.74, 6) is 0.628. The highest BCUT2D eigenvalue weighted by Gasteiger charge is 2.11. The minimum absolute atomic E-state index is 0.318. The number of nitrogens with zero attached hydrogens (tertiary/aromatic N) is 2. The number of amides is 1. The molecule has 0 spiro atoms. The summed E-state index contributed by atoms with van der Waals surface area (Å²) in [7, 11) is 3.02. The maximum atomic E-state index is 12.4. The Morgan fingerprint density at radius 2 is 1.72 bits per heavy atom. The number of anilines is 1. The van der Waals surface area contributed by atoms with Crippen molar-refractivity contribution in [2.75, 3.05) is 19.5 Å². The van der Waals surface area contributed by atoms with Gasteiger partial charge in [0.25, 0.3) is 0 Å². The molecule has 8 nitrogen and oxygen atoms in total. The quantitative estimate of drug-likeness (QED) is 0.624. The Hall–Kier alpha value is -3.52. The number of methoxy groups -OCH3 is 2. The SMILES string of the molecule is COc1ccc(-n2ccn(CC(=O)Nc3ccc(OC)c(Cl)c3)c(=O)c2=O)cc1. The van der Waals surface area contributed by atoms with Crippen LogP contribution in [0, 0.1) is 0 Å². The second kappa shape index (κ2) is 8.66. The van der Waals surface area contributed by atoms with Gasteiger partial charge in [-0.05, 0) is 42.5 Å². The largest absolute Gasteiger partial charge is 0.497 e. The lowest BCUT2D eigenvalue weighted by Crippen LogP contribution is -2.41. The first-order chi connectivity index (χ1) is 13.9. The van der Waals surface area contributed by atoms with Crippen molar-refractivity contribution in [1.29, 1.82) is 0 Å². The van der Waals surface area contributed by atoms with Crippen LogP contribution in [0.1, 0.15) is 0 Å². The van der Waals surface area contributed by atoms with Crippen LogP contribution in [0.15, 0.2) is 64.4 Å². The van der Waals surface area contributed by atoms with Crippen molar-refractivity contribution < 1.29 is 14.3 Å². The van der Waals surface area contributed by atoms with Crippen molar-refractivity contribution in [1.82, 2.24) is 9.13 Å². The first-order valence-electron chi connectivity index (χ1n) is 8.53. The van der Waals surface area contributed by atoms with Crippen LogP contribution in [0.5, 0.6) is 11.5 Å². The van der Waals surface area contributed by atoms with E-state index in [-0.39, 0.29) is 6.54 Å². The van der Waals surface area contributed by atoms with Gasteiger partial charge >= 0.3 is 11.1 Å². The molecule has 3 rings (SSSR count). The van der Waals surface area contributed by atoms with E-state index in [1.165, 1.54) is 37.2 Å². The second-order valence-electron chi connectivity index (χ2n) is 6.00. The molecule has 0 fully saturated rings. The molecule has 2 aromatic carbocycles. The summed E-state index contributed by atoms with van der Waals surface area (Å²) in [6.45, 7) is -0.318. The minimum Gasteiger partial charge on any atom is -0.497 e. The first-order valence-corrected chi connectivity index (χ1v) is 8.90. The average Bonchev–Trinajstić information content (AvgIpc) is 2.72. The highest BCUT2D eigenvalue weighted by molar-refractivity contribution is 6.32. The van der Waals surface area contributed by atoms with Crippen LogP contribution < -0.4 is 25.9 Å². The van der Waals surface area contributed by atoms with E-state index in [0.717, 1.165) is 4.57 Å². The monoisotopic (exact) mass is 415 g/mol. The molecule has 0 radical (unpaired) electrons. The van der Waals surface area contributed by atoms with Crippen LogP contribution in [0.3, 0.4) is 0 Å². The van der Waals surface area contributed by atoms with Gasteiger partial charge in [0, 0.05) is 23.8 Å². The van der Waals surface area contributed by atoms with Crippen LogP contribution in [0.25, 0.3) is 5.69 Å². The number of aromatic nitrogens is 2. The van der Waals surface area contributed by atoms with Gasteiger partial charge in [0.2, 0.25) is 5.91 Å². The van der Waals surface area contributed by atoms with Crippen molar-refractivity contribution in [3.05, 3.63) is 80.6 Å². The van der Waals surface area contributed by atoms with Crippen molar-refractivity contribution in [2.45, 2.75) is 6.54 Å². The fourth-order valence-corrected chi connectivity index (χ4v) is 2.94. The minimum atomic E-state index is -0.814. The molecule has 0 bridgehead atoms. The molecular formula is C20H18ClN3O5. The van der Waals surface area contributed by atoms with Crippen molar-refractivity contribution in [3.63, 3.8) is 0 Å². The van der Waals surface area contributed by atoms with E-state index in [0.29, 0.717) is 27.9 Å². The predicted octanol–water partition coefficient (Wildman–Crippen LogP) is 2.31. The third kappa shape index (κ3) is 4.49. The summed E-state index contributed by atoms with van der Waals surface area (Å²) >= 11 is 6.03. The normalized spacial score (nSPS) is 10.4. The molecule has 0 aliphatic rings. The van der Waals surface area contributed by atoms with Crippen LogP contribution in [0.4, 0.5) is 5.69 Å². The molecule has 9 heteroatoms. The van der Waals surface area contributed by atoms with Crippen LogP contribution in [-0.2, 0) is 11.3 Å². The summed E-state index contributed by atoms with van der Waals surface area (Å²) in [4.78, 5) is 37.1. The molecule has 1 amide bonds. The Kier molecular flexibility index (Phi) is 6.04. The van der Waals surface area contributed by atoms with E-state index < -0.39 is 17.0 Å². The van der Waals surface area contributed by atoms with E-state index in [2.05, 4.69) is 5.32 Å². The summed E-state index contributed by atoms with van der Waals surface area (Å²) in [6, 6.07) is 11.4. The van der Waals surface area contributed by atoms with E-state index in [4.69, 9.17) is 21.1 Å². The standard InChI is InChI=1S/C20H18ClN3O5/c1-28-15-6-4-14(5-7-15)24-10-9-23(19(26)20(24)27)12-18(25)22-13-3-8-17(29-2)16(21)11-13/h3-11H,12H2,1-2H3,(H,22,25). The number of hydrogen-bond donors (Lipinski definition) is 1. The molecular weight excluding hydrogens is 398 g/mol. The highest BCUT2D eigenvalue weighted by atomic mass is 35.5. The Morgan fingerprint density at radius 1 is 1.00 bits per heavy atom. The van der Waals surface area contributed by atoms with E-state index in [1.807, 2.05) is 0 Å². The zero-order valence-corrected chi connectivity index (χ0v) is 16.5. The van der Waals surface area contributed by atoms with E-state index in [9.17, 15) is 14.4 Å². The first kappa shape index (κ1) is 20.2. The summed E-state index contributed by atoms with van der Waals surface area (Å²) in [5, 5.41) is 2.96. The number of benzene rings is 2. The predicted molar refractivity (Wildman–Crippen MR) is 109 cm³/mol. The lowest BCUT2D eigenvalue weighted by atomic mass is 10.3. The van der Waals surface area contributed by atoms with E-state index in [1.54, 1.807) is 36.4 Å². The number of hydrogen-bond acceptors (Lipinski definition) is 5. The second-order valence-corrected chi connectivity index (χ2v) is 6.41.